The number of carbonyl (C=O) groups excluding carboxylic acids is 1. The van der Waals surface area contributed by atoms with Gasteiger partial charge >= 0.3 is 0 Å². The van der Waals surface area contributed by atoms with Crippen molar-refractivity contribution in [3.8, 4) is 0 Å². The van der Waals surface area contributed by atoms with Gasteiger partial charge in [-0.2, -0.15) is 0 Å². The van der Waals surface area contributed by atoms with Gasteiger partial charge in [0, 0.05) is 38.9 Å². The first-order valence-electron chi connectivity index (χ1n) is 7.60. The zero-order valence-electron chi connectivity index (χ0n) is 13.8. The molecule has 1 amide bonds. The average Bonchev–Trinajstić information content (AvgIpc) is 2.43. The first-order valence-corrected chi connectivity index (χ1v) is 7.60. The second kappa shape index (κ2) is 6.62. The quantitative estimate of drug-likeness (QED) is 0.896. The van der Waals surface area contributed by atoms with Crippen molar-refractivity contribution in [2.24, 2.45) is 0 Å². The van der Waals surface area contributed by atoms with E-state index < -0.39 is 0 Å². The van der Waals surface area contributed by atoms with Gasteiger partial charge in [0.2, 0.25) is 0 Å². The van der Waals surface area contributed by atoms with Crippen molar-refractivity contribution in [3.63, 3.8) is 0 Å². The van der Waals surface area contributed by atoms with Gasteiger partial charge in [-0.1, -0.05) is 0 Å². The van der Waals surface area contributed by atoms with E-state index in [-0.39, 0.29) is 22.6 Å². The largest absolute Gasteiger partial charge is 0.373 e. The lowest BCUT2D eigenvalue weighted by Gasteiger charge is -2.38. The molecule has 0 spiro atoms. The van der Waals surface area contributed by atoms with Gasteiger partial charge in [-0.15, -0.1) is 0 Å². The normalized spacial score (nSPS) is 18.2. The summed E-state index contributed by atoms with van der Waals surface area (Å²) in [7, 11) is 1.73. The molecule has 122 valence electrons. The van der Waals surface area contributed by atoms with Crippen LogP contribution in [-0.2, 0) is 4.74 Å². The summed E-state index contributed by atoms with van der Waals surface area (Å²) < 4.78 is 5.68. The summed E-state index contributed by atoms with van der Waals surface area (Å²) >= 11 is 0. The number of aromatic nitrogens is 1. The standard InChI is InChI=1S/C16H25N3O3/c1-12-5-6-13(14(20)17-12)15(21)18(4)7-8-19-9-10-22-16(2,3)11-19/h5-6H,7-11H2,1-4H3,(H,17,20). The zero-order chi connectivity index (χ0) is 16.3. The molecule has 1 aliphatic rings. The molecular weight excluding hydrogens is 282 g/mol. The van der Waals surface area contributed by atoms with E-state index in [4.69, 9.17) is 4.74 Å². The molecule has 0 aliphatic carbocycles. The van der Waals surface area contributed by atoms with Crippen LogP contribution in [0.15, 0.2) is 16.9 Å². The molecule has 1 fully saturated rings. The highest BCUT2D eigenvalue weighted by molar-refractivity contribution is 5.93. The van der Waals surface area contributed by atoms with E-state index in [1.54, 1.807) is 31.0 Å². The Morgan fingerprint density at radius 3 is 2.82 bits per heavy atom. The Bertz CT molecular complexity index is 595. The number of rotatable bonds is 4. The molecule has 0 bridgehead atoms. The molecule has 6 heteroatoms. The second-order valence-electron chi connectivity index (χ2n) is 6.50. The number of ether oxygens (including phenoxy) is 1. The number of aryl methyl sites for hydroxylation is 1. The fourth-order valence-corrected chi connectivity index (χ4v) is 2.64. The van der Waals surface area contributed by atoms with Gasteiger partial charge in [-0.3, -0.25) is 14.5 Å². The van der Waals surface area contributed by atoms with Gasteiger partial charge in [0.1, 0.15) is 5.56 Å². The predicted molar refractivity (Wildman–Crippen MR) is 85.2 cm³/mol. The number of aromatic amines is 1. The number of nitrogens with one attached hydrogen (secondary N) is 1. The number of likely N-dealkylation sites (N-methyl/N-ethyl adjacent to an activating group) is 1. The smallest absolute Gasteiger partial charge is 0.260 e. The van der Waals surface area contributed by atoms with Crippen LogP contribution in [0.4, 0.5) is 0 Å². The molecule has 1 aliphatic heterocycles. The van der Waals surface area contributed by atoms with Crippen LogP contribution in [0.5, 0.6) is 0 Å². The molecule has 6 nitrogen and oxygen atoms in total. The molecule has 0 aromatic carbocycles. The predicted octanol–water partition coefficient (Wildman–Crippen LogP) is 0.866. The average molecular weight is 307 g/mol. The van der Waals surface area contributed by atoms with Crippen molar-refractivity contribution >= 4 is 5.91 Å². The Balaban J connectivity index is 1.93. The summed E-state index contributed by atoms with van der Waals surface area (Å²) in [6.45, 7) is 9.72. The van der Waals surface area contributed by atoms with Crippen LogP contribution in [-0.4, -0.2) is 66.1 Å². The number of morpholine rings is 1. The summed E-state index contributed by atoms with van der Waals surface area (Å²) in [6.07, 6.45) is 0. The Morgan fingerprint density at radius 2 is 2.18 bits per heavy atom. The van der Waals surface area contributed by atoms with Crippen LogP contribution in [0.3, 0.4) is 0 Å². The molecule has 1 aromatic rings. The van der Waals surface area contributed by atoms with Gasteiger partial charge < -0.3 is 14.6 Å². The van der Waals surface area contributed by atoms with Crippen LogP contribution < -0.4 is 5.56 Å². The third kappa shape index (κ3) is 4.18. The summed E-state index contributed by atoms with van der Waals surface area (Å²) in [5.41, 5.74) is 0.467. The van der Waals surface area contributed by atoms with E-state index >= 15 is 0 Å². The minimum atomic E-state index is -0.329. The first kappa shape index (κ1) is 16.7. The van der Waals surface area contributed by atoms with E-state index in [0.717, 1.165) is 25.3 Å². The van der Waals surface area contributed by atoms with Crippen LogP contribution >= 0.6 is 0 Å². The topological polar surface area (TPSA) is 65.6 Å². The summed E-state index contributed by atoms with van der Waals surface area (Å²) in [5.74, 6) is -0.242. The lowest BCUT2D eigenvalue weighted by Crippen LogP contribution is -2.50. The maximum atomic E-state index is 12.3. The minimum Gasteiger partial charge on any atom is -0.373 e. The van der Waals surface area contributed by atoms with Crippen LogP contribution in [0, 0.1) is 6.92 Å². The highest BCUT2D eigenvalue weighted by atomic mass is 16.5. The van der Waals surface area contributed by atoms with Gasteiger partial charge in [0.05, 0.1) is 12.2 Å². The highest BCUT2D eigenvalue weighted by Crippen LogP contribution is 2.16. The number of H-pyrrole nitrogens is 1. The van der Waals surface area contributed by atoms with Gasteiger partial charge in [0.25, 0.3) is 11.5 Å². The molecule has 1 N–H and O–H groups in total. The number of nitrogens with zero attached hydrogens (tertiary/aromatic N) is 2. The number of carbonyl (C=O) groups is 1. The fourth-order valence-electron chi connectivity index (χ4n) is 2.64. The van der Waals surface area contributed by atoms with Crippen LogP contribution in [0.2, 0.25) is 0 Å². The van der Waals surface area contributed by atoms with Gasteiger partial charge in [-0.25, -0.2) is 0 Å². The summed E-state index contributed by atoms with van der Waals surface area (Å²) in [6, 6.07) is 3.33. The lowest BCUT2D eigenvalue weighted by atomic mass is 10.1. The molecular formula is C16H25N3O3. The molecule has 0 saturated carbocycles. The maximum absolute atomic E-state index is 12.3. The van der Waals surface area contributed by atoms with Crippen molar-refractivity contribution in [1.82, 2.24) is 14.8 Å². The summed E-state index contributed by atoms with van der Waals surface area (Å²) in [4.78, 5) is 30.7. The minimum absolute atomic E-state index is 0.144. The van der Waals surface area contributed by atoms with E-state index in [2.05, 4.69) is 23.7 Å². The van der Waals surface area contributed by atoms with Crippen molar-refractivity contribution in [2.45, 2.75) is 26.4 Å². The molecule has 1 aromatic heterocycles. The second-order valence-corrected chi connectivity index (χ2v) is 6.50. The van der Waals surface area contributed by atoms with Crippen molar-refractivity contribution in [2.75, 3.05) is 39.8 Å². The van der Waals surface area contributed by atoms with E-state index in [9.17, 15) is 9.59 Å². The Hall–Kier alpha value is -1.66. The van der Waals surface area contributed by atoms with Crippen LogP contribution in [0.25, 0.3) is 0 Å². The van der Waals surface area contributed by atoms with Gasteiger partial charge in [0.15, 0.2) is 0 Å². The Kier molecular flexibility index (Phi) is 5.03. The van der Waals surface area contributed by atoms with Crippen molar-refractivity contribution in [1.29, 1.82) is 0 Å². The number of hydrogen-bond donors (Lipinski definition) is 1. The SMILES string of the molecule is Cc1ccc(C(=O)N(C)CCN2CCOC(C)(C)C2)c(=O)[nH]1. The van der Waals surface area contributed by atoms with E-state index in [0.29, 0.717) is 13.2 Å². The molecule has 0 radical (unpaired) electrons. The van der Waals surface area contributed by atoms with E-state index in [1.165, 1.54) is 0 Å². The Morgan fingerprint density at radius 1 is 1.45 bits per heavy atom. The molecule has 1 saturated heterocycles. The Labute approximate surface area is 131 Å². The summed E-state index contributed by atoms with van der Waals surface area (Å²) in [5, 5.41) is 0. The lowest BCUT2D eigenvalue weighted by molar-refractivity contribution is -0.0864. The molecule has 22 heavy (non-hydrogen) atoms. The third-order valence-electron chi connectivity index (χ3n) is 3.89. The van der Waals surface area contributed by atoms with Crippen molar-refractivity contribution < 1.29 is 9.53 Å². The number of amides is 1. The zero-order valence-corrected chi connectivity index (χ0v) is 13.8. The van der Waals surface area contributed by atoms with Crippen LogP contribution in [0.1, 0.15) is 29.9 Å². The van der Waals surface area contributed by atoms with Crippen molar-refractivity contribution in [3.05, 3.63) is 33.7 Å². The third-order valence-corrected chi connectivity index (χ3v) is 3.89. The molecule has 0 unspecified atom stereocenters. The number of pyridine rings is 1. The molecule has 2 rings (SSSR count). The highest BCUT2D eigenvalue weighted by Gasteiger charge is 2.27. The first-order chi connectivity index (χ1) is 10.3. The maximum Gasteiger partial charge on any atom is 0.260 e. The molecule has 0 atom stereocenters. The van der Waals surface area contributed by atoms with Gasteiger partial charge in [-0.05, 0) is 32.9 Å². The van der Waals surface area contributed by atoms with E-state index in [1.807, 2.05) is 0 Å². The molecule has 2 heterocycles. The monoisotopic (exact) mass is 307 g/mol. The fraction of sp³-hybridized carbons (Fsp3) is 0.625. The number of hydrogen-bond acceptors (Lipinski definition) is 4.